The molecule has 0 spiro atoms. The molecule has 2 N–H and O–H groups in total. The Morgan fingerprint density at radius 3 is 1.96 bits per heavy atom. The number of pyridine rings is 1. The highest BCUT2D eigenvalue weighted by molar-refractivity contribution is 6.10. The van der Waals surface area contributed by atoms with E-state index in [4.69, 9.17) is 28.4 Å². The van der Waals surface area contributed by atoms with Gasteiger partial charge >= 0.3 is 12.2 Å². The Kier molecular flexibility index (Phi) is 9.33. The lowest BCUT2D eigenvalue weighted by Crippen LogP contribution is -2.33. The standard InChI is InChI=1S/C35H43N3O9/c1-34(2,3)46-32(40)36-12-9-11-20-21-15-27-28(45-19-44-27)17-23(21)30-29(20)22-16-25(42-7)26(43-8)18-24(22)31(39)38(30)14-10-13-37-33(41)47-35(4,5)6/h11,15-18H,9-10,12-14,19H2,1-8H3,(H,36,40)(H,37,41)/b20-11+. The van der Waals surface area contributed by atoms with Crippen LogP contribution in [0.2, 0.25) is 0 Å². The number of nitrogens with one attached hydrogen (secondary N) is 2. The first-order valence-corrected chi connectivity index (χ1v) is 15.6. The van der Waals surface area contributed by atoms with Crippen molar-refractivity contribution in [3.05, 3.63) is 51.8 Å². The summed E-state index contributed by atoms with van der Waals surface area (Å²) in [7, 11) is 3.08. The van der Waals surface area contributed by atoms with E-state index in [1.165, 1.54) is 7.11 Å². The molecule has 0 fully saturated rings. The molecule has 0 bridgehead atoms. The van der Waals surface area contributed by atoms with Gasteiger partial charge in [0.05, 0.1) is 25.3 Å². The number of hydrogen-bond donors (Lipinski definition) is 2. The van der Waals surface area contributed by atoms with Crippen molar-refractivity contribution in [1.82, 2.24) is 15.2 Å². The second-order valence-electron chi connectivity index (χ2n) is 13.3. The van der Waals surface area contributed by atoms with Crippen LogP contribution in [0, 0.1) is 0 Å². The van der Waals surface area contributed by atoms with Crippen LogP contribution in [0.3, 0.4) is 0 Å². The summed E-state index contributed by atoms with van der Waals surface area (Å²) in [5.41, 5.74) is 2.64. The molecule has 3 aromatic rings. The molecule has 2 aromatic carbocycles. The molecule has 2 aliphatic rings. The zero-order chi connectivity index (χ0) is 34.1. The Balaban J connectivity index is 1.60. The number of nitrogens with zero attached hydrogens (tertiary/aromatic N) is 1. The molecule has 1 aliphatic heterocycles. The third-order valence-electron chi connectivity index (χ3n) is 7.49. The van der Waals surface area contributed by atoms with Crippen molar-refractivity contribution in [1.29, 1.82) is 0 Å². The maximum Gasteiger partial charge on any atom is 0.407 e. The van der Waals surface area contributed by atoms with Crippen LogP contribution in [0.25, 0.3) is 27.6 Å². The number of carbonyl (C=O) groups is 2. The zero-order valence-electron chi connectivity index (χ0n) is 28.3. The lowest BCUT2D eigenvalue weighted by molar-refractivity contribution is 0.0516. The summed E-state index contributed by atoms with van der Waals surface area (Å²) in [6.45, 7) is 11.9. The number of aromatic nitrogens is 1. The van der Waals surface area contributed by atoms with E-state index in [-0.39, 0.29) is 12.4 Å². The molecule has 0 atom stereocenters. The zero-order valence-corrected chi connectivity index (χ0v) is 28.3. The molecule has 12 nitrogen and oxygen atoms in total. The molecule has 47 heavy (non-hydrogen) atoms. The molecular weight excluding hydrogens is 606 g/mol. The third kappa shape index (κ3) is 7.26. The second kappa shape index (κ2) is 13.1. The summed E-state index contributed by atoms with van der Waals surface area (Å²) < 4.78 is 35.2. The van der Waals surface area contributed by atoms with E-state index < -0.39 is 23.4 Å². The van der Waals surface area contributed by atoms with E-state index in [1.807, 2.05) is 45.0 Å². The number of fused-ring (bicyclic) bond motifs is 6. The highest BCUT2D eigenvalue weighted by Crippen LogP contribution is 2.52. The Bertz CT molecular complexity index is 1800. The number of alkyl carbamates (subject to hydrolysis) is 2. The van der Waals surface area contributed by atoms with Crippen molar-refractivity contribution in [3.63, 3.8) is 0 Å². The number of rotatable bonds is 9. The number of hydrogen-bond acceptors (Lipinski definition) is 9. The van der Waals surface area contributed by atoms with Gasteiger partial charge in [0.2, 0.25) is 6.79 Å². The number of carbonyl (C=O) groups excluding carboxylic acids is 2. The van der Waals surface area contributed by atoms with Crippen LogP contribution in [0.1, 0.15) is 65.5 Å². The van der Waals surface area contributed by atoms with Gasteiger partial charge in [0.1, 0.15) is 11.2 Å². The van der Waals surface area contributed by atoms with Crippen LogP contribution < -0.4 is 35.1 Å². The van der Waals surface area contributed by atoms with Crippen LogP contribution in [0.5, 0.6) is 23.0 Å². The van der Waals surface area contributed by atoms with Crippen molar-refractivity contribution in [2.24, 2.45) is 0 Å². The minimum Gasteiger partial charge on any atom is -0.493 e. The predicted octanol–water partition coefficient (Wildman–Crippen LogP) is 5.99. The van der Waals surface area contributed by atoms with E-state index in [0.717, 1.165) is 22.3 Å². The van der Waals surface area contributed by atoms with Crippen molar-refractivity contribution in [2.75, 3.05) is 34.1 Å². The average molecular weight is 650 g/mol. The maximum absolute atomic E-state index is 14.3. The smallest absolute Gasteiger partial charge is 0.407 e. The quantitative estimate of drug-likeness (QED) is 0.210. The summed E-state index contributed by atoms with van der Waals surface area (Å²) in [5.74, 6) is 2.10. The molecule has 0 saturated heterocycles. The first-order chi connectivity index (χ1) is 22.2. The van der Waals surface area contributed by atoms with Gasteiger partial charge < -0.3 is 43.6 Å². The van der Waals surface area contributed by atoms with Gasteiger partial charge in [-0.05, 0) is 89.8 Å². The molecule has 0 unspecified atom stereocenters. The maximum atomic E-state index is 14.3. The Labute approximate surface area is 273 Å². The van der Waals surface area contributed by atoms with Gasteiger partial charge in [-0.1, -0.05) is 6.08 Å². The molecule has 1 aliphatic carbocycles. The van der Waals surface area contributed by atoms with Gasteiger partial charge in [0, 0.05) is 36.1 Å². The predicted molar refractivity (Wildman–Crippen MR) is 178 cm³/mol. The SMILES string of the molecule is COc1cc2c3c(n(CCCNC(=O)OC(C)(C)C)c(=O)c2cc1OC)-c1cc2c(cc1/C3=C\CCNC(=O)OC(C)(C)C)OCO2. The molecule has 0 saturated carbocycles. The van der Waals surface area contributed by atoms with Crippen molar-refractivity contribution in [2.45, 2.75) is 72.1 Å². The van der Waals surface area contributed by atoms with E-state index >= 15 is 0 Å². The molecular formula is C35H43N3O9. The van der Waals surface area contributed by atoms with Crippen molar-refractivity contribution < 1.29 is 38.0 Å². The molecule has 5 rings (SSSR count). The number of methoxy groups -OCH3 is 2. The normalized spacial score (nSPS) is 14.1. The fourth-order valence-electron chi connectivity index (χ4n) is 5.69. The Morgan fingerprint density at radius 1 is 0.830 bits per heavy atom. The fraction of sp³-hybridized carbons (Fsp3) is 0.457. The first kappa shape index (κ1) is 33.5. The van der Waals surface area contributed by atoms with E-state index in [1.54, 1.807) is 38.5 Å². The van der Waals surface area contributed by atoms with E-state index in [0.29, 0.717) is 71.9 Å². The van der Waals surface area contributed by atoms with Gasteiger partial charge in [0.25, 0.3) is 5.56 Å². The van der Waals surface area contributed by atoms with Crippen LogP contribution in [0.15, 0.2) is 35.1 Å². The molecule has 0 radical (unpaired) electrons. The molecule has 2 amide bonds. The largest absolute Gasteiger partial charge is 0.493 e. The number of amides is 2. The van der Waals surface area contributed by atoms with Crippen LogP contribution in [-0.4, -0.2) is 62.1 Å². The minimum atomic E-state index is -0.624. The topological polar surface area (TPSA) is 136 Å². The van der Waals surface area contributed by atoms with Crippen LogP contribution >= 0.6 is 0 Å². The van der Waals surface area contributed by atoms with Crippen LogP contribution in [-0.2, 0) is 16.0 Å². The Morgan fingerprint density at radius 2 is 1.38 bits per heavy atom. The van der Waals surface area contributed by atoms with Gasteiger partial charge in [-0.3, -0.25) is 4.79 Å². The number of ether oxygens (including phenoxy) is 6. The summed E-state index contributed by atoms with van der Waals surface area (Å²) >= 11 is 0. The van der Waals surface area contributed by atoms with Gasteiger partial charge in [0.15, 0.2) is 23.0 Å². The summed E-state index contributed by atoms with van der Waals surface area (Å²) in [6.07, 6.45) is 1.97. The highest BCUT2D eigenvalue weighted by Gasteiger charge is 2.33. The van der Waals surface area contributed by atoms with Gasteiger partial charge in [-0.15, -0.1) is 0 Å². The summed E-state index contributed by atoms with van der Waals surface area (Å²) in [5, 5.41) is 6.74. The van der Waals surface area contributed by atoms with E-state index in [9.17, 15) is 14.4 Å². The van der Waals surface area contributed by atoms with E-state index in [2.05, 4.69) is 10.6 Å². The fourth-order valence-corrected chi connectivity index (χ4v) is 5.69. The summed E-state index contributed by atoms with van der Waals surface area (Å²) in [4.78, 5) is 38.9. The summed E-state index contributed by atoms with van der Waals surface area (Å²) in [6, 6.07) is 7.35. The molecule has 2 heterocycles. The monoisotopic (exact) mass is 649 g/mol. The lowest BCUT2D eigenvalue weighted by atomic mass is 9.97. The third-order valence-corrected chi connectivity index (χ3v) is 7.49. The molecule has 1 aromatic heterocycles. The number of benzene rings is 2. The average Bonchev–Trinajstić information content (AvgIpc) is 3.57. The second-order valence-corrected chi connectivity index (χ2v) is 13.3. The molecule has 252 valence electrons. The Hall–Kier alpha value is -4.87. The highest BCUT2D eigenvalue weighted by atomic mass is 16.7. The van der Waals surface area contributed by atoms with Gasteiger partial charge in [-0.2, -0.15) is 0 Å². The lowest BCUT2D eigenvalue weighted by Gasteiger charge is -2.20. The van der Waals surface area contributed by atoms with Gasteiger partial charge in [-0.25, -0.2) is 9.59 Å². The minimum absolute atomic E-state index is 0.0990. The van der Waals surface area contributed by atoms with Crippen molar-refractivity contribution >= 4 is 28.5 Å². The van der Waals surface area contributed by atoms with Crippen LogP contribution in [0.4, 0.5) is 9.59 Å². The van der Waals surface area contributed by atoms with Crippen molar-refractivity contribution in [3.8, 4) is 34.3 Å². The molecule has 12 heteroatoms. The first-order valence-electron chi connectivity index (χ1n) is 15.6.